The van der Waals surface area contributed by atoms with Gasteiger partial charge >= 0.3 is 0 Å². The topological polar surface area (TPSA) is 47.6 Å². The van der Waals surface area contributed by atoms with Gasteiger partial charge in [0.2, 0.25) is 0 Å². The predicted molar refractivity (Wildman–Crippen MR) is 76.3 cm³/mol. The van der Waals surface area contributed by atoms with Gasteiger partial charge < -0.3 is 14.8 Å². The molecule has 1 aliphatic rings. The summed E-state index contributed by atoms with van der Waals surface area (Å²) in [6.07, 6.45) is 0.690. The maximum Gasteiger partial charge on any atom is 0.258 e. The fourth-order valence-corrected chi connectivity index (χ4v) is 2.18. The van der Waals surface area contributed by atoms with Crippen LogP contribution in [0.15, 0.2) is 24.3 Å². The fraction of sp³-hybridized carbons (Fsp3) is 0.188. The van der Waals surface area contributed by atoms with Crippen LogP contribution in [0.1, 0.15) is 16.8 Å². The molecule has 0 unspecified atom stereocenters. The summed E-state index contributed by atoms with van der Waals surface area (Å²) in [7, 11) is 0. The first-order chi connectivity index (χ1) is 11.5. The number of benzene rings is 2. The molecule has 2 aromatic carbocycles. The molecule has 0 saturated heterocycles. The number of nitrogens with one attached hydrogen (secondary N) is 1. The highest BCUT2D eigenvalue weighted by atomic mass is 19.2. The molecule has 0 aliphatic carbocycles. The molecule has 0 aromatic heterocycles. The number of ether oxygens (including phenoxy) is 2. The lowest BCUT2D eigenvalue weighted by Crippen LogP contribution is -2.16. The Hall–Kier alpha value is -2.77. The summed E-state index contributed by atoms with van der Waals surface area (Å²) in [6.45, 7) is 0.908. The van der Waals surface area contributed by atoms with Crippen LogP contribution in [0.2, 0.25) is 0 Å². The molecule has 8 heteroatoms. The van der Waals surface area contributed by atoms with Crippen molar-refractivity contribution in [2.75, 3.05) is 18.5 Å². The zero-order chi connectivity index (χ0) is 17.3. The minimum absolute atomic E-state index is 0.203. The number of carbonyl (C=O) groups is 1. The molecule has 24 heavy (non-hydrogen) atoms. The largest absolute Gasteiger partial charge is 0.490 e. The second-order valence-corrected chi connectivity index (χ2v) is 5.01. The second-order valence-electron chi connectivity index (χ2n) is 5.01. The van der Waals surface area contributed by atoms with Gasteiger partial charge in [0.05, 0.1) is 18.8 Å². The summed E-state index contributed by atoms with van der Waals surface area (Å²) in [5, 5.41) is 2.27. The van der Waals surface area contributed by atoms with Gasteiger partial charge in [-0.25, -0.2) is 17.6 Å². The molecule has 2 aromatic rings. The Balaban J connectivity index is 1.87. The Morgan fingerprint density at radius 1 is 0.917 bits per heavy atom. The average molecular weight is 341 g/mol. The maximum absolute atomic E-state index is 13.6. The maximum atomic E-state index is 13.6. The van der Waals surface area contributed by atoms with Crippen LogP contribution in [0.4, 0.5) is 23.2 Å². The van der Waals surface area contributed by atoms with E-state index in [2.05, 4.69) is 5.32 Å². The molecule has 0 atom stereocenters. The highest BCUT2D eigenvalue weighted by molar-refractivity contribution is 6.04. The van der Waals surface area contributed by atoms with Crippen LogP contribution < -0.4 is 14.8 Å². The van der Waals surface area contributed by atoms with E-state index in [0.717, 1.165) is 0 Å². The molecular weight excluding hydrogens is 330 g/mol. The monoisotopic (exact) mass is 341 g/mol. The Kier molecular flexibility index (Phi) is 4.28. The third-order valence-electron chi connectivity index (χ3n) is 3.35. The predicted octanol–water partition coefficient (Wildman–Crippen LogP) is 3.66. The van der Waals surface area contributed by atoms with Crippen molar-refractivity contribution in [1.29, 1.82) is 0 Å². The third kappa shape index (κ3) is 2.99. The lowest BCUT2D eigenvalue weighted by Gasteiger charge is -2.11. The quantitative estimate of drug-likeness (QED) is 0.515. The first kappa shape index (κ1) is 16.1. The van der Waals surface area contributed by atoms with E-state index in [-0.39, 0.29) is 5.69 Å². The number of halogens is 4. The number of anilines is 1. The van der Waals surface area contributed by atoms with Gasteiger partial charge in [-0.05, 0) is 18.2 Å². The lowest BCUT2D eigenvalue weighted by molar-refractivity contribution is 0.102. The minimum atomic E-state index is -2.04. The molecule has 1 N–H and O–H groups in total. The van der Waals surface area contributed by atoms with Gasteiger partial charge in [-0.15, -0.1) is 0 Å². The molecule has 3 rings (SSSR count). The van der Waals surface area contributed by atoms with E-state index in [0.29, 0.717) is 37.2 Å². The summed E-state index contributed by atoms with van der Waals surface area (Å²) >= 11 is 0. The molecular formula is C16H11F4NO3. The molecule has 0 radical (unpaired) electrons. The van der Waals surface area contributed by atoms with Crippen molar-refractivity contribution >= 4 is 11.6 Å². The van der Waals surface area contributed by atoms with E-state index >= 15 is 0 Å². The highest BCUT2D eigenvalue weighted by Crippen LogP contribution is 2.32. The number of amides is 1. The van der Waals surface area contributed by atoms with Crippen LogP contribution >= 0.6 is 0 Å². The second kappa shape index (κ2) is 6.38. The third-order valence-corrected chi connectivity index (χ3v) is 3.35. The van der Waals surface area contributed by atoms with Gasteiger partial charge in [0.1, 0.15) is 0 Å². The fourth-order valence-electron chi connectivity index (χ4n) is 2.18. The van der Waals surface area contributed by atoms with Crippen LogP contribution in [0.3, 0.4) is 0 Å². The van der Waals surface area contributed by atoms with Gasteiger partial charge in [0, 0.05) is 18.2 Å². The summed E-state index contributed by atoms with van der Waals surface area (Å²) in [5.41, 5.74) is -0.743. The zero-order valence-electron chi connectivity index (χ0n) is 12.2. The minimum Gasteiger partial charge on any atom is -0.490 e. The van der Waals surface area contributed by atoms with Gasteiger partial charge in [-0.2, -0.15) is 0 Å². The number of carbonyl (C=O) groups excluding carboxylic acids is 1. The highest BCUT2D eigenvalue weighted by Gasteiger charge is 2.23. The SMILES string of the molecule is O=C(Nc1ccc2c(c1)OCCCO2)c1cc(F)c(F)c(F)c1F. The first-order valence-corrected chi connectivity index (χ1v) is 7.01. The van der Waals surface area contributed by atoms with Crippen molar-refractivity contribution in [1.82, 2.24) is 0 Å². The van der Waals surface area contributed by atoms with Gasteiger partial charge in [-0.3, -0.25) is 4.79 Å². The van der Waals surface area contributed by atoms with Crippen molar-refractivity contribution < 1.29 is 31.8 Å². The molecule has 4 nitrogen and oxygen atoms in total. The number of hydrogen-bond donors (Lipinski definition) is 1. The van der Waals surface area contributed by atoms with E-state index in [1.807, 2.05) is 0 Å². The first-order valence-electron chi connectivity index (χ1n) is 7.01. The molecule has 126 valence electrons. The Morgan fingerprint density at radius 2 is 1.62 bits per heavy atom. The summed E-state index contributed by atoms with van der Waals surface area (Å²) < 4.78 is 63.8. The van der Waals surface area contributed by atoms with Gasteiger partial charge in [0.15, 0.2) is 34.8 Å². The molecule has 0 saturated carbocycles. The normalized spacial score (nSPS) is 13.3. The lowest BCUT2D eigenvalue weighted by atomic mass is 10.1. The Bertz CT molecular complexity index is 810. The van der Waals surface area contributed by atoms with Crippen LogP contribution in [0, 0.1) is 23.3 Å². The Labute approximate surface area is 134 Å². The van der Waals surface area contributed by atoms with E-state index < -0.39 is 34.7 Å². The number of hydrogen-bond acceptors (Lipinski definition) is 3. The van der Waals surface area contributed by atoms with Crippen LogP contribution in [0.5, 0.6) is 11.5 Å². The zero-order valence-corrected chi connectivity index (χ0v) is 12.2. The molecule has 1 aliphatic heterocycles. The molecule has 0 bridgehead atoms. The molecule has 0 spiro atoms. The molecule has 1 heterocycles. The van der Waals surface area contributed by atoms with Crippen molar-refractivity contribution in [3.05, 3.63) is 53.1 Å². The number of fused-ring (bicyclic) bond motifs is 1. The van der Waals surface area contributed by atoms with Crippen molar-refractivity contribution in [2.45, 2.75) is 6.42 Å². The summed E-state index contributed by atoms with van der Waals surface area (Å²) in [5.74, 6) is -7.70. The summed E-state index contributed by atoms with van der Waals surface area (Å²) in [6, 6.07) is 4.73. The molecule has 0 fully saturated rings. The van der Waals surface area contributed by atoms with Gasteiger partial charge in [-0.1, -0.05) is 0 Å². The van der Waals surface area contributed by atoms with Crippen molar-refractivity contribution in [3.8, 4) is 11.5 Å². The van der Waals surface area contributed by atoms with Crippen molar-refractivity contribution in [2.24, 2.45) is 0 Å². The van der Waals surface area contributed by atoms with E-state index in [9.17, 15) is 22.4 Å². The van der Waals surface area contributed by atoms with Gasteiger partial charge in [0.25, 0.3) is 5.91 Å². The smallest absolute Gasteiger partial charge is 0.258 e. The van der Waals surface area contributed by atoms with Crippen molar-refractivity contribution in [3.63, 3.8) is 0 Å². The van der Waals surface area contributed by atoms with Crippen LogP contribution in [-0.2, 0) is 0 Å². The summed E-state index contributed by atoms with van der Waals surface area (Å²) in [4.78, 5) is 12.0. The van der Waals surface area contributed by atoms with Crippen LogP contribution in [0.25, 0.3) is 0 Å². The number of rotatable bonds is 2. The standard InChI is InChI=1S/C16H11F4NO3/c17-10-7-9(13(18)15(20)14(10)19)16(22)21-8-2-3-11-12(6-8)24-5-1-4-23-11/h2-3,6-7H,1,4-5H2,(H,21,22). The molecule has 1 amide bonds. The average Bonchev–Trinajstić information content (AvgIpc) is 2.81. The van der Waals surface area contributed by atoms with E-state index in [4.69, 9.17) is 9.47 Å². The van der Waals surface area contributed by atoms with Crippen LogP contribution in [-0.4, -0.2) is 19.1 Å². The Morgan fingerprint density at radius 3 is 2.38 bits per heavy atom. The van der Waals surface area contributed by atoms with E-state index in [1.165, 1.54) is 12.1 Å². The van der Waals surface area contributed by atoms with E-state index in [1.54, 1.807) is 6.07 Å².